The van der Waals surface area contributed by atoms with Gasteiger partial charge < -0.3 is 20.6 Å². The number of carboxylic acids is 1. The molecule has 120 valence electrons. The van der Waals surface area contributed by atoms with Crippen molar-refractivity contribution in [2.45, 2.75) is 45.6 Å². The number of nitrogens with zero attached hydrogens (tertiary/aromatic N) is 1. The number of carbonyl (C=O) groups excluding carboxylic acids is 2. The lowest BCUT2D eigenvalue weighted by Crippen LogP contribution is -2.49. The van der Waals surface area contributed by atoms with Crippen molar-refractivity contribution < 1.29 is 19.5 Å². The summed E-state index contributed by atoms with van der Waals surface area (Å²) < 4.78 is 0. The average Bonchev–Trinajstić information content (AvgIpc) is 2.44. The minimum atomic E-state index is -0.906. The number of piperidine rings is 1. The normalized spacial score (nSPS) is 17.1. The molecule has 1 heterocycles. The van der Waals surface area contributed by atoms with E-state index >= 15 is 0 Å². The van der Waals surface area contributed by atoms with E-state index in [1.54, 1.807) is 4.90 Å². The van der Waals surface area contributed by atoms with Gasteiger partial charge in [-0.25, -0.2) is 4.79 Å². The number of carbonyl (C=O) groups is 3. The van der Waals surface area contributed by atoms with Gasteiger partial charge >= 0.3 is 12.0 Å². The van der Waals surface area contributed by atoms with E-state index in [0.717, 1.165) is 12.8 Å². The molecule has 1 rings (SSSR count). The van der Waals surface area contributed by atoms with Gasteiger partial charge in [-0.05, 0) is 25.2 Å². The molecule has 1 aliphatic heterocycles. The number of nitrogens with one attached hydrogen (secondary N) is 2. The summed E-state index contributed by atoms with van der Waals surface area (Å²) >= 11 is 0. The maximum atomic E-state index is 12.1. The number of hydrogen-bond donors (Lipinski definition) is 3. The molecule has 1 fully saturated rings. The molecule has 7 heteroatoms. The molecule has 21 heavy (non-hydrogen) atoms. The van der Waals surface area contributed by atoms with E-state index in [1.165, 1.54) is 6.92 Å². The van der Waals surface area contributed by atoms with Crippen molar-refractivity contribution in [2.75, 3.05) is 19.6 Å². The molecular formula is C14H25N3O4. The molecule has 0 aromatic rings. The standard InChI is InChI=1S/C14H25N3O4/c1-3-12(8-13(19)20)16-14(21)17-6-4-11(5-7-17)9-15-10(2)18/h11-12H,3-9H2,1-2H3,(H,15,18)(H,16,21)(H,19,20). The molecule has 3 N–H and O–H groups in total. The second kappa shape index (κ2) is 8.49. The van der Waals surface area contributed by atoms with E-state index in [4.69, 9.17) is 5.11 Å². The van der Waals surface area contributed by atoms with E-state index < -0.39 is 5.97 Å². The van der Waals surface area contributed by atoms with Crippen molar-refractivity contribution in [1.29, 1.82) is 0 Å². The van der Waals surface area contributed by atoms with E-state index in [2.05, 4.69) is 10.6 Å². The quantitative estimate of drug-likeness (QED) is 0.675. The number of hydrogen-bond acceptors (Lipinski definition) is 3. The minimum absolute atomic E-state index is 0.0327. The fourth-order valence-corrected chi connectivity index (χ4v) is 2.40. The van der Waals surface area contributed by atoms with Gasteiger partial charge in [0.15, 0.2) is 0 Å². The van der Waals surface area contributed by atoms with Crippen LogP contribution in [0.15, 0.2) is 0 Å². The maximum absolute atomic E-state index is 12.1. The van der Waals surface area contributed by atoms with Crippen LogP contribution in [0.1, 0.15) is 39.5 Å². The average molecular weight is 299 g/mol. The summed E-state index contributed by atoms with van der Waals surface area (Å²) in [5, 5.41) is 14.3. The van der Waals surface area contributed by atoms with Crippen molar-refractivity contribution >= 4 is 17.9 Å². The highest BCUT2D eigenvalue weighted by Gasteiger charge is 2.24. The highest BCUT2D eigenvalue weighted by molar-refractivity contribution is 5.76. The topological polar surface area (TPSA) is 98.7 Å². The van der Waals surface area contributed by atoms with Crippen LogP contribution in [0.3, 0.4) is 0 Å². The van der Waals surface area contributed by atoms with E-state index in [-0.39, 0.29) is 24.4 Å². The van der Waals surface area contributed by atoms with Crippen LogP contribution in [0.25, 0.3) is 0 Å². The maximum Gasteiger partial charge on any atom is 0.317 e. The molecule has 0 aromatic carbocycles. The number of likely N-dealkylation sites (tertiary alicyclic amines) is 1. The van der Waals surface area contributed by atoms with Crippen LogP contribution in [0.4, 0.5) is 4.79 Å². The Morgan fingerprint density at radius 2 is 1.90 bits per heavy atom. The van der Waals surface area contributed by atoms with Gasteiger partial charge in [-0.1, -0.05) is 6.92 Å². The summed E-state index contributed by atoms with van der Waals surface area (Å²) in [5.74, 6) is -0.537. The van der Waals surface area contributed by atoms with Crippen molar-refractivity contribution in [3.63, 3.8) is 0 Å². The zero-order valence-electron chi connectivity index (χ0n) is 12.7. The summed E-state index contributed by atoms with van der Waals surface area (Å²) in [4.78, 5) is 35.4. The van der Waals surface area contributed by atoms with Crippen molar-refractivity contribution in [3.8, 4) is 0 Å². The van der Waals surface area contributed by atoms with Crippen LogP contribution in [-0.2, 0) is 9.59 Å². The van der Waals surface area contributed by atoms with Crippen molar-refractivity contribution in [3.05, 3.63) is 0 Å². The molecule has 0 radical (unpaired) electrons. The molecule has 7 nitrogen and oxygen atoms in total. The molecule has 1 saturated heterocycles. The van der Waals surface area contributed by atoms with E-state index in [9.17, 15) is 14.4 Å². The third-order valence-electron chi connectivity index (χ3n) is 3.78. The first kappa shape index (κ1) is 17.3. The van der Waals surface area contributed by atoms with Gasteiger partial charge in [0.1, 0.15) is 0 Å². The molecular weight excluding hydrogens is 274 g/mol. The Hall–Kier alpha value is -1.79. The monoisotopic (exact) mass is 299 g/mol. The van der Waals surface area contributed by atoms with Gasteiger partial charge in [0, 0.05) is 32.6 Å². The van der Waals surface area contributed by atoms with Crippen molar-refractivity contribution in [2.24, 2.45) is 5.92 Å². The smallest absolute Gasteiger partial charge is 0.317 e. The van der Waals surface area contributed by atoms with Gasteiger partial charge in [-0.3, -0.25) is 9.59 Å². The SMILES string of the molecule is CCC(CC(=O)O)NC(=O)N1CCC(CNC(C)=O)CC1. The number of urea groups is 1. The molecule has 0 saturated carbocycles. The van der Waals surface area contributed by atoms with Crippen LogP contribution in [0, 0.1) is 5.92 Å². The predicted molar refractivity (Wildman–Crippen MR) is 77.8 cm³/mol. The third-order valence-corrected chi connectivity index (χ3v) is 3.78. The van der Waals surface area contributed by atoms with Gasteiger partial charge in [-0.2, -0.15) is 0 Å². The summed E-state index contributed by atoms with van der Waals surface area (Å²) in [6.45, 7) is 5.28. The molecule has 0 aliphatic carbocycles. The summed E-state index contributed by atoms with van der Waals surface area (Å²) in [5.41, 5.74) is 0. The number of aliphatic carboxylic acids is 1. The molecule has 1 unspecified atom stereocenters. The lowest BCUT2D eigenvalue weighted by molar-refractivity contribution is -0.137. The predicted octanol–water partition coefficient (Wildman–Crippen LogP) is 0.797. The van der Waals surface area contributed by atoms with Crippen LogP contribution >= 0.6 is 0 Å². The first-order valence-electron chi connectivity index (χ1n) is 7.44. The van der Waals surface area contributed by atoms with Crippen LogP contribution in [0.2, 0.25) is 0 Å². The molecule has 0 bridgehead atoms. The zero-order chi connectivity index (χ0) is 15.8. The highest BCUT2D eigenvalue weighted by atomic mass is 16.4. The first-order valence-corrected chi connectivity index (χ1v) is 7.44. The van der Waals surface area contributed by atoms with Crippen LogP contribution in [-0.4, -0.2) is 53.6 Å². The van der Waals surface area contributed by atoms with Crippen LogP contribution < -0.4 is 10.6 Å². The van der Waals surface area contributed by atoms with Gasteiger partial charge in [0.2, 0.25) is 5.91 Å². The van der Waals surface area contributed by atoms with E-state index in [0.29, 0.717) is 32.0 Å². The summed E-state index contributed by atoms with van der Waals surface area (Å²) in [7, 11) is 0. The number of rotatable bonds is 6. The lowest BCUT2D eigenvalue weighted by Gasteiger charge is -2.33. The molecule has 0 aromatic heterocycles. The summed E-state index contributed by atoms with van der Waals surface area (Å²) in [6.07, 6.45) is 2.24. The van der Waals surface area contributed by atoms with Crippen molar-refractivity contribution in [1.82, 2.24) is 15.5 Å². The lowest BCUT2D eigenvalue weighted by atomic mass is 9.97. The molecule has 3 amide bonds. The fourth-order valence-electron chi connectivity index (χ4n) is 2.40. The zero-order valence-corrected chi connectivity index (χ0v) is 12.7. The van der Waals surface area contributed by atoms with Crippen LogP contribution in [0.5, 0.6) is 0 Å². The van der Waals surface area contributed by atoms with Gasteiger partial charge in [0.25, 0.3) is 0 Å². The van der Waals surface area contributed by atoms with Gasteiger partial charge in [0.05, 0.1) is 6.42 Å². The Kier molecular flexibility index (Phi) is 6.98. The molecule has 0 spiro atoms. The third kappa shape index (κ3) is 6.46. The molecule has 1 aliphatic rings. The fraction of sp³-hybridized carbons (Fsp3) is 0.786. The Balaban J connectivity index is 2.34. The Morgan fingerprint density at radius 3 is 2.38 bits per heavy atom. The minimum Gasteiger partial charge on any atom is -0.481 e. The largest absolute Gasteiger partial charge is 0.481 e. The number of amides is 3. The molecule has 1 atom stereocenters. The van der Waals surface area contributed by atoms with Gasteiger partial charge in [-0.15, -0.1) is 0 Å². The Labute approximate surface area is 125 Å². The second-order valence-electron chi connectivity index (χ2n) is 5.52. The second-order valence-corrected chi connectivity index (χ2v) is 5.52. The first-order chi connectivity index (χ1) is 9.92. The Morgan fingerprint density at radius 1 is 1.29 bits per heavy atom. The number of carboxylic acid groups (broad SMARTS) is 1. The highest BCUT2D eigenvalue weighted by Crippen LogP contribution is 2.16. The Bertz CT molecular complexity index is 378. The van der Waals surface area contributed by atoms with E-state index in [1.807, 2.05) is 6.92 Å². The summed E-state index contributed by atoms with van der Waals surface area (Å²) in [6, 6.07) is -0.520.